The van der Waals surface area contributed by atoms with Gasteiger partial charge < -0.3 is 10.2 Å². The number of nitrogens with zero attached hydrogens (tertiary/aromatic N) is 3. The first-order chi connectivity index (χ1) is 7.79. The first kappa shape index (κ1) is 11.3. The van der Waals surface area contributed by atoms with Crippen LogP contribution in [0.15, 0.2) is 12.3 Å². The molecule has 1 N–H and O–H groups in total. The van der Waals surface area contributed by atoms with Gasteiger partial charge in [0.2, 0.25) is 0 Å². The van der Waals surface area contributed by atoms with E-state index >= 15 is 0 Å². The monoisotopic (exact) mass is 220 g/mol. The second-order valence-electron chi connectivity index (χ2n) is 4.58. The largest absolute Gasteiger partial charge is 0.355 e. The van der Waals surface area contributed by atoms with Crippen molar-refractivity contribution in [3.63, 3.8) is 0 Å². The molecule has 0 unspecified atom stereocenters. The molecule has 0 amide bonds. The van der Waals surface area contributed by atoms with Crippen LogP contribution in [0.4, 0.5) is 5.82 Å². The summed E-state index contributed by atoms with van der Waals surface area (Å²) in [6.07, 6.45) is 4.30. The second-order valence-corrected chi connectivity index (χ2v) is 4.58. The molecule has 1 fully saturated rings. The predicted octanol–water partition coefficient (Wildman–Crippen LogP) is 1.22. The molecule has 1 aromatic rings. The highest BCUT2D eigenvalue weighted by molar-refractivity contribution is 5.39. The molecule has 2 heterocycles. The molecule has 88 valence electrons. The van der Waals surface area contributed by atoms with E-state index in [1.807, 2.05) is 7.05 Å². The standard InChI is InChI=1S/C12H20N4/c1-10-7-12(15-14-8-10)16-5-3-11(4-6-16)9-13-2/h7-8,11,13H,3-6,9H2,1-2H3. The Hall–Kier alpha value is -1.16. The summed E-state index contributed by atoms with van der Waals surface area (Å²) in [5.41, 5.74) is 1.18. The topological polar surface area (TPSA) is 41.0 Å². The van der Waals surface area contributed by atoms with E-state index in [0.717, 1.165) is 31.4 Å². The summed E-state index contributed by atoms with van der Waals surface area (Å²) in [6.45, 7) is 5.40. The Morgan fingerprint density at radius 2 is 2.19 bits per heavy atom. The van der Waals surface area contributed by atoms with Gasteiger partial charge in [0.05, 0.1) is 6.20 Å². The van der Waals surface area contributed by atoms with Crippen molar-refractivity contribution in [3.8, 4) is 0 Å². The maximum Gasteiger partial charge on any atom is 0.151 e. The normalized spacial score (nSPS) is 17.8. The molecule has 16 heavy (non-hydrogen) atoms. The zero-order valence-corrected chi connectivity index (χ0v) is 10.1. The summed E-state index contributed by atoms with van der Waals surface area (Å²) in [7, 11) is 2.03. The van der Waals surface area contributed by atoms with E-state index in [1.165, 1.54) is 18.4 Å². The van der Waals surface area contributed by atoms with E-state index in [-0.39, 0.29) is 0 Å². The minimum absolute atomic E-state index is 0.819. The van der Waals surface area contributed by atoms with Crippen molar-refractivity contribution in [1.29, 1.82) is 0 Å². The maximum absolute atomic E-state index is 4.19. The van der Waals surface area contributed by atoms with Crippen LogP contribution in [0.25, 0.3) is 0 Å². The molecular formula is C12H20N4. The summed E-state index contributed by atoms with van der Waals surface area (Å²) in [4.78, 5) is 2.34. The van der Waals surface area contributed by atoms with Crippen molar-refractivity contribution >= 4 is 5.82 Å². The van der Waals surface area contributed by atoms with Gasteiger partial charge in [-0.3, -0.25) is 0 Å². The predicted molar refractivity (Wildman–Crippen MR) is 65.6 cm³/mol. The van der Waals surface area contributed by atoms with Crippen molar-refractivity contribution < 1.29 is 0 Å². The smallest absolute Gasteiger partial charge is 0.151 e. The molecule has 1 aromatic heterocycles. The number of rotatable bonds is 3. The van der Waals surface area contributed by atoms with Gasteiger partial charge in [-0.15, -0.1) is 5.10 Å². The molecular weight excluding hydrogens is 200 g/mol. The van der Waals surface area contributed by atoms with Crippen LogP contribution in [0, 0.1) is 12.8 Å². The number of piperidine rings is 1. The van der Waals surface area contributed by atoms with E-state index in [9.17, 15) is 0 Å². The highest BCUT2D eigenvalue weighted by Crippen LogP contribution is 2.21. The lowest BCUT2D eigenvalue weighted by Crippen LogP contribution is -2.37. The second kappa shape index (κ2) is 5.25. The molecule has 1 aliphatic heterocycles. The number of hydrogen-bond acceptors (Lipinski definition) is 4. The SMILES string of the molecule is CNCC1CCN(c2cc(C)cnn2)CC1. The summed E-state index contributed by atoms with van der Waals surface area (Å²) >= 11 is 0. The van der Waals surface area contributed by atoms with Gasteiger partial charge in [-0.25, -0.2) is 0 Å². The van der Waals surface area contributed by atoms with Gasteiger partial charge in [0.15, 0.2) is 5.82 Å². The summed E-state index contributed by atoms with van der Waals surface area (Å²) in [5, 5.41) is 11.5. The molecule has 4 heteroatoms. The van der Waals surface area contributed by atoms with Crippen molar-refractivity contribution in [3.05, 3.63) is 17.8 Å². The Labute approximate surface area is 97.1 Å². The third-order valence-corrected chi connectivity index (χ3v) is 3.21. The Morgan fingerprint density at radius 3 is 2.81 bits per heavy atom. The first-order valence-electron chi connectivity index (χ1n) is 5.98. The van der Waals surface area contributed by atoms with Crippen molar-refractivity contribution in [2.75, 3.05) is 31.6 Å². The lowest BCUT2D eigenvalue weighted by molar-refractivity contribution is 0.392. The number of nitrogens with one attached hydrogen (secondary N) is 1. The van der Waals surface area contributed by atoms with E-state index in [2.05, 4.69) is 33.4 Å². The minimum atomic E-state index is 0.819. The number of aryl methyl sites for hydroxylation is 1. The fourth-order valence-corrected chi connectivity index (χ4v) is 2.26. The molecule has 4 nitrogen and oxygen atoms in total. The van der Waals surface area contributed by atoms with Crippen LogP contribution in [-0.2, 0) is 0 Å². The van der Waals surface area contributed by atoms with E-state index in [0.29, 0.717) is 0 Å². The van der Waals surface area contributed by atoms with E-state index in [1.54, 1.807) is 6.20 Å². The lowest BCUT2D eigenvalue weighted by atomic mass is 9.97. The summed E-state index contributed by atoms with van der Waals surface area (Å²) in [6, 6.07) is 2.12. The van der Waals surface area contributed by atoms with Crippen LogP contribution in [-0.4, -0.2) is 36.9 Å². The molecule has 0 aromatic carbocycles. The summed E-state index contributed by atoms with van der Waals surface area (Å²) in [5.74, 6) is 1.85. The van der Waals surface area contributed by atoms with Crippen molar-refractivity contribution in [1.82, 2.24) is 15.5 Å². The molecule has 0 spiro atoms. The van der Waals surface area contributed by atoms with Crippen molar-refractivity contribution in [2.24, 2.45) is 5.92 Å². The molecule has 1 aliphatic rings. The van der Waals surface area contributed by atoms with Gasteiger partial charge in [0.1, 0.15) is 0 Å². The van der Waals surface area contributed by atoms with Crippen LogP contribution < -0.4 is 10.2 Å². The molecule has 0 aliphatic carbocycles. The van der Waals surface area contributed by atoms with Crippen molar-refractivity contribution in [2.45, 2.75) is 19.8 Å². The van der Waals surface area contributed by atoms with Gasteiger partial charge >= 0.3 is 0 Å². The van der Waals surface area contributed by atoms with E-state index < -0.39 is 0 Å². The molecule has 1 saturated heterocycles. The Balaban J connectivity index is 1.94. The molecule has 0 radical (unpaired) electrons. The van der Waals surface area contributed by atoms with Gasteiger partial charge in [0, 0.05) is 13.1 Å². The van der Waals surface area contributed by atoms with Crippen LogP contribution in [0.3, 0.4) is 0 Å². The average Bonchev–Trinajstić information content (AvgIpc) is 2.30. The fraction of sp³-hybridized carbons (Fsp3) is 0.667. The highest BCUT2D eigenvalue weighted by atomic mass is 15.3. The third-order valence-electron chi connectivity index (χ3n) is 3.21. The van der Waals surface area contributed by atoms with Gasteiger partial charge in [0.25, 0.3) is 0 Å². The Morgan fingerprint density at radius 1 is 1.44 bits per heavy atom. The number of hydrogen-bond donors (Lipinski definition) is 1. The summed E-state index contributed by atoms with van der Waals surface area (Å²) < 4.78 is 0. The highest BCUT2D eigenvalue weighted by Gasteiger charge is 2.19. The number of aromatic nitrogens is 2. The number of anilines is 1. The maximum atomic E-state index is 4.19. The first-order valence-corrected chi connectivity index (χ1v) is 5.98. The average molecular weight is 220 g/mol. The third kappa shape index (κ3) is 2.70. The molecule has 0 bridgehead atoms. The van der Waals surface area contributed by atoms with Gasteiger partial charge in [-0.1, -0.05) is 0 Å². The van der Waals surface area contributed by atoms with Crippen LogP contribution >= 0.6 is 0 Å². The van der Waals surface area contributed by atoms with Gasteiger partial charge in [-0.2, -0.15) is 5.10 Å². The van der Waals surface area contributed by atoms with Crippen LogP contribution in [0.5, 0.6) is 0 Å². The molecule has 0 saturated carbocycles. The lowest BCUT2D eigenvalue weighted by Gasteiger charge is -2.32. The Kier molecular flexibility index (Phi) is 3.72. The van der Waals surface area contributed by atoms with Crippen LogP contribution in [0.1, 0.15) is 18.4 Å². The van der Waals surface area contributed by atoms with Crippen LogP contribution in [0.2, 0.25) is 0 Å². The quantitative estimate of drug-likeness (QED) is 0.831. The Bertz CT molecular complexity index is 332. The zero-order valence-electron chi connectivity index (χ0n) is 10.1. The zero-order chi connectivity index (χ0) is 11.4. The molecule has 2 rings (SSSR count). The van der Waals surface area contributed by atoms with Gasteiger partial charge in [-0.05, 0) is 50.9 Å². The van der Waals surface area contributed by atoms with E-state index in [4.69, 9.17) is 0 Å². The fourth-order valence-electron chi connectivity index (χ4n) is 2.26. The molecule has 0 atom stereocenters. The minimum Gasteiger partial charge on any atom is -0.355 e.